The largest absolute Gasteiger partial charge is 0.460 e. The molecule has 0 saturated carbocycles. The Labute approximate surface area is 269 Å². The molecule has 0 bridgehead atoms. The van der Waals surface area contributed by atoms with Crippen molar-refractivity contribution in [2.75, 3.05) is 6.61 Å². The van der Waals surface area contributed by atoms with Crippen molar-refractivity contribution in [3.63, 3.8) is 0 Å². The minimum atomic E-state index is -4.58. The van der Waals surface area contributed by atoms with Crippen LogP contribution in [0.4, 0.5) is 0 Å². The molecule has 1 unspecified atom stereocenters. The van der Waals surface area contributed by atoms with Gasteiger partial charge in [-0.05, 0) is 29.4 Å². The number of ether oxygens (including phenoxy) is 2. The Morgan fingerprint density at radius 3 is 2.49 bits per heavy atom. The second-order valence-corrected chi connectivity index (χ2v) is 13.4. The lowest BCUT2D eigenvalue weighted by Gasteiger charge is -2.31. The number of aromatic amines is 1. The van der Waals surface area contributed by atoms with E-state index in [0.717, 1.165) is 27.8 Å². The first kappa shape index (κ1) is 34.2. The lowest BCUT2D eigenvalue weighted by molar-refractivity contribution is -0.147. The lowest BCUT2D eigenvalue weighted by atomic mass is 10.1. The highest BCUT2D eigenvalue weighted by Crippen LogP contribution is 2.48. The number of carbonyl (C=O) groups excluding carboxylic acids is 1. The van der Waals surface area contributed by atoms with E-state index in [1.165, 1.54) is 0 Å². The number of rotatable bonds is 13. The molecule has 1 fully saturated rings. The van der Waals surface area contributed by atoms with Crippen molar-refractivity contribution in [3.05, 3.63) is 111 Å². The fourth-order valence-electron chi connectivity index (χ4n) is 5.15. The summed E-state index contributed by atoms with van der Waals surface area (Å²) < 4.78 is 38.5. The maximum atomic E-state index is 14.6. The van der Waals surface area contributed by atoms with Gasteiger partial charge in [0.25, 0.3) is 5.56 Å². The highest BCUT2D eigenvalue weighted by Gasteiger charge is 2.54. The second kappa shape index (κ2) is 14.3. The van der Waals surface area contributed by atoms with Crippen LogP contribution in [-0.2, 0) is 30.0 Å². The van der Waals surface area contributed by atoms with Crippen LogP contribution >= 0.6 is 7.75 Å². The molecule has 3 aromatic carbocycles. The Morgan fingerprint density at radius 2 is 1.77 bits per heavy atom. The third kappa shape index (κ3) is 8.06. The van der Waals surface area contributed by atoms with Gasteiger partial charge in [0.15, 0.2) is 12.0 Å². The van der Waals surface area contributed by atoms with E-state index in [2.05, 4.69) is 5.09 Å². The lowest BCUT2D eigenvalue weighted by Crippen LogP contribution is -2.54. The molecule has 14 nitrogen and oxygen atoms in total. The number of nitrogens with one attached hydrogen (secondary N) is 2. The number of nitrogens with two attached hydrogens (primary N) is 1. The molecule has 1 aromatic heterocycles. The molecule has 0 aliphatic carbocycles. The summed E-state index contributed by atoms with van der Waals surface area (Å²) in [6, 6.07) is 21.2. The van der Waals surface area contributed by atoms with Crippen LogP contribution < -0.4 is 26.6 Å². The average Bonchev–Trinajstić information content (AvgIpc) is 3.27. The minimum absolute atomic E-state index is 0.0272. The molecule has 1 aliphatic rings. The normalized spacial score (nSPS) is 23.0. The highest BCUT2D eigenvalue weighted by atomic mass is 31.2. The maximum absolute atomic E-state index is 14.6. The Hall–Kier alpha value is -4.14. The maximum Gasteiger partial charge on any atom is 0.459 e. The minimum Gasteiger partial charge on any atom is -0.460 e. The Balaban J connectivity index is 1.43. The van der Waals surface area contributed by atoms with Gasteiger partial charge in [-0.25, -0.2) is 9.36 Å². The monoisotopic (exact) mass is 668 g/mol. The molecular formula is C32H37N4O10P. The number of carbonyl (C=O) groups is 1. The van der Waals surface area contributed by atoms with Gasteiger partial charge in [-0.3, -0.25) is 29.4 Å². The van der Waals surface area contributed by atoms with E-state index in [9.17, 15) is 29.2 Å². The number of nitrogens with zero attached hydrogens (tertiary/aromatic N) is 1. The fourth-order valence-corrected chi connectivity index (χ4v) is 6.71. The topological polar surface area (TPSA) is 204 Å². The zero-order valence-electron chi connectivity index (χ0n) is 25.7. The number of hydrogen-bond acceptors (Lipinski definition) is 11. The quantitative estimate of drug-likeness (QED) is 0.103. The van der Waals surface area contributed by atoms with E-state index in [-0.39, 0.29) is 24.7 Å². The van der Waals surface area contributed by atoms with Crippen LogP contribution in [0.25, 0.3) is 10.8 Å². The first-order chi connectivity index (χ1) is 22.4. The van der Waals surface area contributed by atoms with Crippen molar-refractivity contribution >= 4 is 24.5 Å². The molecule has 1 aliphatic heterocycles. The molecule has 15 heteroatoms. The van der Waals surface area contributed by atoms with Crippen LogP contribution in [0.15, 0.2) is 94.6 Å². The van der Waals surface area contributed by atoms with Gasteiger partial charge < -0.3 is 24.2 Å². The predicted octanol–water partition coefficient (Wildman–Crippen LogP) is 2.55. The summed E-state index contributed by atoms with van der Waals surface area (Å²) in [4.78, 5) is 39.3. The molecular weight excluding hydrogens is 631 g/mol. The molecule has 1 saturated heterocycles. The third-order valence-corrected chi connectivity index (χ3v) is 9.07. The number of esters is 1. The van der Waals surface area contributed by atoms with Crippen LogP contribution in [0.3, 0.4) is 0 Å². The van der Waals surface area contributed by atoms with Gasteiger partial charge in [0.05, 0.1) is 0 Å². The Morgan fingerprint density at radius 1 is 1.06 bits per heavy atom. The summed E-state index contributed by atoms with van der Waals surface area (Å²) >= 11 is 0. The smallest absolute Gasteiger partial charge is 0.459 e. The fraction of sp³-hybridized carbons (Fsp3) is 0.344. The van der Waals surface area contributed by atoms with Crippen molar-refractivity contribution in [2.24, 2.45) is 11.7 Å². The summed E-state index contributed by atoms with van der Waals surface area (Å²) in [6.07, 6.45) is -3.87. The molecule has 47 heavy (non-hydrogen) atoms. The Bertz CT molecular complexity index is 1860. The van der Waals surface area contributed by atoms with Crippen LogP contribution in [0.2, 0.25) is 0 Å². The second-order valence-electron chi connectivity index (χ2n) is 11.7. The van der Waals surface area contributed by atoms with Crippen LogP contribution in [0.5, 0.6) is 5.75 Å². The van der Waals surface area contributed by atoms with Gasteiger partial charge in [0.2, 0.25) is 0 Å². The molecule has 6 N–H and O–H groups in total. The average molecular weight is 669 g/mol. The zero-order valence-corrected chi connectivity index (χ0v) is 26.6. The SMILES string of the molecule is CC(C)C[C@H](NP(=O)(OC[C@@]1(N)O[C@@H](n2ccc(=O)[nH]c2=O)[C@H](O)[C@@H]1O)Oc1cccc2ccccc12)C(=O)OCc1ccccc1. The standard InChI is InChI=1S/C32H37N4O10P/c1-20(2)17-24(30(40)43-18-21-9-4-3-5-10-21)35-47(42,46-25-14-8-12-22-11-6-7-13-23(22)25)44-19-32(33)28(39)27(38)29(45-32)36-16-15-26(37)34-31(36)41/h3-16,20,24,27-29,38-39H,17-19,33H2,1-2H3,(H,35,42)(H,34,37,41)/t24-,27+,28-,29+,32+,47?/m0/s1. The summed E-state index contributed by atoms with van der Waals surface area (Å²) in [6.45, 7) is 2.88. The predicted molar refractivity (Wildman–Crippen MR) is 171 cm³/mol. The van der Waals surface area contributed by atoms with E-state index < -0.39 is 61.8 Å². The van der Waals surface area contributed by atoms with E-state index in [4.69, 9.17) is 24.3 Å². The van der Waals surface area contributed by atoms with Crippen LogP contribution in [-0.4, -0.2) is 56.3 Å². The van der Waals surface area contributed by atoms with Crippen molar-refractivity contribution < 1.29 is 38.1 Å². The van der Waals surface area contributed by atoms with E-state index in [1.807, 2.05) is 55.2 Å². The van der Waals surface area contributed by atoms with Crippen molar-refractivity contribution in [2.45, 2.75) is 57.1 Å². The molecule has 4 aromatic rings. The van der Waals surface area contributed by atoms with Crippen molar-refractivity contribution in [1.29, 1.82) is 0 Å². The summed E-state index contributed by atoms with van der Waals surface area (Å²) in [7, 11) is -4.58. The molecule has 0 amide bonds. The first-order valence-corrected chi connectivity index (χ1v) is 16.5. The summed E-state index contributed by atoms with van der Waals surface area (Å²) in [5.41, 5.74) is 3.26. The van der Waals surface area contributed by atoms with E-state index >= 15 is 0 Å². The third-order valence-electron chi connectivity index (χ3n) is 7.54. The van der Waals surface area contributed by atoms with Gasteiger partial charge in [-0.15, -0.1) is 0 Å². The van der Waals surface area contributed by atoms with E-state index in [1.54, 1.807) is 36.4 Å². The van der Waals surface area contributed by atoms with Crippen molar-refractivity contribution in [1.82, 2.24) is 14.6 Å². The van der Waals surface area contributed by atoms with Gasteiger partial charge in [-0.1, -0.05) is 80.6 Å². The van der Waals surface area contributed by atoms with Crippen LogP contribution in [0, 0.1) is 5.92 Å². The first-order valence-electron chi connectivity index (χ1n) is 14.9. The van der Waals surface area contributed by atoms with Gasteiger partial charge >= 0.3 is 19.4 Å². The highest BCUT2D eigenvalue weighted by molar-refractivity contribution is 7.52. The molecule has 5 rings (SSSR count). The molecule has 0 spiro atoms. The number of hydrogen-bond donors (Lipinski definition) is 5. The Kier molecular flexibility index (Phi) is 10.4. The van der Waals surface area contributed by atoms with E-state index in [0.29, 0.717) is 5.39 Å². The number of aromatic nitrogens is 2. The molecule has 6 atom stereocenters. The van der Waals surface area contributed by atoms with Gasteiger partial charge in [-0.2, -0.15) is 5.09 Å². The number of aliphatic hydroxyl groups excluding tert-OH is 2. The summed E-state index contributed by atoms with van der Waals surface area (Å²) in [5.74, 6) is -0.605. The van der Waals surface area contributed by atoms with Crippen LogP contribution in [0.1, 0.15) is 32.1 Å². The number of fused-ring (bicyclic) bond motifs is 1. The van der Waals surface area contributed by atoms with Crippen molar-refractivity contribution in [3.8, 4) is 5.75 Å². The van der Waals surface area contributed by atoms with Gasteiger partial charge in [0, 0.05) is 17.6 Å². The van der Waals surface area contributed by atoms with Gasteiger partial charge in [0.1, 0.15) is 37.2 Å². The zero-order chi connectivity index (χ0) is 33.8. The molecule has 2 heterocycles. The summed E-state index contributed by atoms with van der Waals surface area (Å²) in [5, 5.41) is 25.7. The number of aliphatic hydroxyl groups is 2. The number of benzene rings is 3. The number of H-pyrrole nitrogens is 1. The molecule has 0 radical (unpaired) electrons. The molecule has 250 valence electrons.